The molecule has 0 amide bonds. The molecular weight excluding hydrogens is 276 g/mol. The molecule has 1 unspecified atom stereocenters. The molecule has 0 spiro atoms. The molecule has 5 atom stereocenters. The molecule has 0 aliphatic heterocycles. The van der Waals surface area contributed by atoms with Gasteiger partial charge in [-0.05, 0) is 5.56 Å². The smallest absolute Gasteiger partial charge is 0.111 e. The Hall–Kier alpha value is -1.02. The Morgan fingerprint density at radius 1 is 0.857 bits per heavy atom. The molecule has 1 aromatic rings. The molecule has 0 heterocycles. The van der Waals surface area contributed by atoms with Crippen LogP contribution in [0.2, 0.25) is 0 Å². The number of hydrogen-bond donors (Lipinski definition) is 6. The van der Waals surface area contributed by atoms with Gasteiger partial charge in [-0.15, -0.1) is 0 Å². The van der Waals surface area contributed by atoms with Gasteiger partial charge in [-0.2, -0.15) is 0 Å². The van der Waals surface area contributed by atoms with Gasteiger partial charge in [0.15, 0.2) is 0 Å². The van der Waals surface area contributed by atoms with E-state index in [1.165, 1.54) is 0 Å². The molecule has 1 rings (SSSR count). The number of rotatable bonds is 7. The standard InChI is InChI=1S/C15H24O6/c1-15(2,9-6-4-3-5-7-9)14(21)13(20)12(19)11(18)10(17)8-16/h3-7,10-14,16-21H,8H2,1-2H3/t10-,11-,12+,13-,14?/m1/s1. The van der Waals surface area contributed by atoms with Crippen LogP contribution in [0.1, 0.15) is 19.4 Å². The van der Waals surface area contributed by atoms with Crippen molar-refractivity contribution in [2.45, 2.75) is 49.8 Å². The highest BCUT2D eigenvalue weighted by atomic mass is 16.4. The van der Waals surface area contributed by atoms with Crippen LogP contribution in [0.25, 0.3) is 0 Å². The predicted octanol–water partition coefficient (Wildman–Crippen LogP) is -1.24. The van der Waals surface area contributed by atoms with Crippen LogP contribution in [0.5, 0.6) is 0 Å². The maximum absolute atomic E-state index is 10.3. The normalized spacial score (nSPS) is 19.6. The summed E-state index contributed by atoms with van der Waals surface area (Å²) in [6.07, 6.45) is -8.20. The van der Waals surface area contributed by atoms with Crippen LogP contribution >= 0.6 is 0 Å². The van der Waals surface area contributed by atoms with Gasteiger partial charge in [0.05, 0.1) is 12.7 Å². The zero-order chi connectivity index (χ0) is 16.2. The van der Waals surface area contributed by atoms with Gasteiger partial charge in [-0.3, -0.25) is 0 Å². The molecule has 0 bridgehead atoms. The lowest BCUT2D eigenvalue weighted by Crippen LogP contribution is -2.54. The highest BCUT2D eigenvalue weighted by molar-refractivity contribution is 5.25. The van der Waals surface area contributed by atoms with E-state index in [2.05, 4.69) is 0 Å². The van der Waals surface area contributed by atoms with E-state index in [9.17, 15) is 25.5 Å². The van der Waals surface area contributed by atoms with Crippen molar-refractivity contribution in [2.75, 3.05) is 6.61 Å². The SMILES string of the molecule is CC(C)(c1ccccc1)C(O)[C@H](O)[C@@H](O)[C@H](O)[C@H](O)CO. The summed E-state index contributed by atoms with van der Waals surface area (Å²) in [7, 11) is 0. The molecule has 6 nitrogen and oxygen atoms in total. The first-order valence-corrected chi connectivity index (χ1v) is 6.80. The van der Waals surface area contributed by atoms with Crippen molar-refractivity contribution in [3.05, 3.63) is 35.9 Å². The minimum atomic E-state index is -1.79. The highest BCUT2D eigenvalue weighted by Crippen LogP contribution is 2.30. The Morgan fingerprint density at radius 3 is 1.86 bits per heavy atom. The van der Waals surface area contributed by atoms with Crippen LogP contribution in [0.15, 0.2) is 30.3 Å². The Morgan fingerprint density at radius 2 is 1.38 bits per heavy atom. The molecular formula is C15H24O6. The van der Waals surface area contributed by atoms with E-state index in [0.717, 1.165) is 5.56 Å². The third-order valence-corrected chi connectivity index (χ3v) is 3.86. The summed E-state index contributed by atoms with van der Waals surface area (Å²) in [5, 5.41) is 57.8. The van der Waals surface area contributed by atoms with Gasteiger partial charge in [-0.25, -0.2) is 0 Å². The fourth-order valence-corrected chi connectivity index (χ4v) is 2.19. The molecule has 120 valence electrons. The second-order valence-corrected chi connectivity index (χ2v) is 5.75. The fourth-order valence-electron chi connectivity index (χ4n) is 2.19. The quantitative estimate of drug-likeness (QED) is 0.375. The van der Waals surface area contributed by atoms with Crippen molar-refractivity contribution in [2.24, 2.45) is 0 Å². The van der Waals surface area contributed by atoms with Crippen LogP contribution in [-0.2, 0) is 5.41 Å². The molecule has 0 saturated carbocycles. The second kappa shape index (κ2) is 7.31. The summed E-state index contributed by atoms with van der Waals surface area (Å²) in [4.78, 5) is 0. The number of hydrogen-bond acceptors (Lipinski definition) is 6. The van der Waals surface area contributed by atoms with Crippen molar-refractivity contribution in [3.63, 3.8) is 0 Å². The molecule has 0 aliphatic rings. The Labute approximate surface area is 123 Å². The van der Waals surface area contributed by atoms with Gasteiger partial charge < -0.3 is 30.6 Å². The third kappa shape index (κ3) is 4.00. The van der Waals surface area contributed by atoms with Gasteiger partial charge in [-0.1, -0.05) is 44.2 Å². The summed E-state index contributed by atoms with van der Waals surface area (Å²) in [5.74, 6) is 0. The summed E-state index contributed by atoms with van der Waals surface area (Å²) in [6.45, 7) is 2.62. The van der Waals surface area contributed by atoms with Gasteiger partial charge in [0, 0.05) is 5.41 Å². The zero-order valence-corrected chi connectivity index (χ0v) is 12.2. The third-order valence-electron chi connectivity index (χ3n) is 3.86. The minimum Gasteiger partial charge on any atom is -0.394 e. The molecule has 0 aromatic heterocycles. The first-order chi connectivity index (χ1) is 9.73. The van der Waals surface area contributed by atoms with Crippen LogP contribution in [0.3, 0.4) is 0 Å². The lowest BCUT2D eigenvalue weighted by atomic mass is 9.75. The van der Waals surface area contributed by atoms with E-state index in [1.54, 1.807) is 38.1 Å². The fraction of sp³-hybridized carbons (Fsp3) is 0.600. The summed E-state index contributed by atoms with van der Waals surface area (Å²) in [6, 6.07) is 8.95. The van der Waals surface area contributed by atoms with Crippen LogP contribution in [0, 0.1) is 0 Å². The molecule has 0 saturated heterocycles. The number of aliphatic hydroxyl groups excluding tert-OH is 6. The van der Waals surface area contributed by atoms with Crippen molar-refractivity contribution < 1.29 is 30.6 Å². The minimum absolute atomic E-state index is 0.751. The zero-order valence-electron chi connectivity index (χ0n) is 12.2. The van der Waals surface area contributed by atoms with Crippen molar-refractivity contribution >= 4 is 0 Å². The average molecular weight is 300 g/mol. The number of benzene rings is 1. The van der Waals surface area contributed by atoms with Gasteiger partial charge in [0.1, 0.15) is 24.4 Å². The van der Waals surface area contributed by atoms with E-state index in [0.29, 0.717) is 0 Å². The van der Waals surface area contributed by atoms with Crippen molar-refractivity contribution in [1.29, 1.82) is 0 Å². The Bertz CT molecular complexity index is 421. The topological polar surface area (TPSA) is 121 Å². The summed E-state index contributed by atoms with van der Waals surface area (Å²) in [5.41, 5.74) is -0.133. The van der Waals surface area contributed by atoms with E-state index >= 15 is 0 Å². The maximum Gasteiger partial charge on any atom is 0.111 e. The van der Waals surface area contributed by atoms with E-state index < -0.39 is 42.5 Å². The molecule has 0 radical (unpaired) electrons. The lowest BCUT2D eigenvalue weighted by molar-refractivity contribution is -0.150. The highest BCUT2D eigenvalue weighted by Gasteiger charge is 2.41. The first kappa shape index (κ1) is 18.0. The second-order valence-electron chi connectivity index (χ2n) is 5.75. The first-order valence-electron chi connectivity index (χ1n) is 6.80. The maximum atomic E-state index is 10.3. The van der Waals surface area contributed by atoms with Crippen LogP contribution in [-0.4, -0.2) is 67.8 Å². The summed E-state index contributed by atoms with van der Waals surface area (Å²) < 4.78 is 0. The van der Waals surface area contributed by atoms with Crippen LogP contribution in [0.4, 0.5) is 0 Å². The van der Waals surface area contributed by atoms with Crippen molar-refractivity contribution in [3.8, 4) is 0 Å². The molecule has 6 heteroatoms. The Balaban J connectivity index is 2.88. The number of aliphatic hydroxyl groups is 6. The molecule has 21 heavy (non-hydrogen) atoms. The molecule has 0 aliphatic carbocycles. The van der Waals surface area contributed by atoms with E-state index in [-0.39, 0.29) is 0 Å². The molecule has 1 aromatic carbocycles. The lowest BCUT2D eigenvalue weighted by Gasteiger charge is -2.37. The van der Waals surface area contributed by atoms with Gasteiger partial charge >= 0.3 is 0 Å². The Kier molecular flexibility index (Phi) is 6.27. The van der Waals surface area contributed by atoms with Crippen molar-refractivity contribution in [1.82, 2.24) is 0 Å². The van der Waals surface area contributed by atoms with Gasteiger partial charge in [0.2, 0.25) is 0 Å². The van der Waals surface area contributed by atoms with Crippen LogP contribution < -0.4 is 0 Å². The van der Waals surface area contributed by atoms with Gasteiger partial charge in [0.25, 0.3) is 0 Å². The largest absolute Gasteiger partial charge is 0.394 e. The van der Waals surface area contributed by atoms with E-state index in [4.69, 9.17) is 5.11 Å². The monoisotopic (exact) mass is 300 g/mol. The predicted molar refractivity (Wildman–Crippen MR) is 76.6 cm³/mol. The summed E-state index contributed by atoms with van der Waals surface area (Å²) >= 11 is 0. The molecule has 6 N–H and O–H groups in total. The molecule has 0 fully saturated rings. The van der Waals surface area contributed by atoms with E-state index in [1.807, 2.05) is 6.07 Å². The average Bonchev–Trinajstić information content (AvgIpc) is 2.51.